The molecule has 4 nitrogen and oxygen atoms in total. The summed E-state index contributed by atoms with van der Waals surface area (Å²) in [5, 5.41) is 0. The highest BCUT2D eigenvalue weighted by atomic mass is 32.1. The molecule has 2 N–H and O–H groups in total. The topological polar surface area (TPSA) is 51.4 Å². The lowest BCUT2D eigenvalue weighted by atomic mass is 10.2. The molecule has 2 rings (SSSR count). The Hall–Kier alpha value is -1.20. The summed E-state index contributed by atoms with van der Waals surface area (Å²) in [6.45, 7) is 4.77. The van der Waals surface area contributed by atoms with Crippen LogP contribution >= 0.6 is 12.2 Å². The zero-order valence-corrected chi connectivity index (χ0v) is 11.4. The van der Waals surface area contributed by atoms with Gasteiger partial charge in [-0.05, 0) is 31.9 Å². The summed E-state index contributed by atoms with van der Waals surface area (Å²) in [6.07, 6.45) is 4.36. The van der Waals surface area contributed by atoms with Crippen molar-refractivity contribution < 1.29 is 4.74 Å². The van der Waals surface area contributed by atoms with Gasteiger partial charge in [-0.25, -0.2) is 4.98 Å². The fraction of sp³-hybridized carbons (Fsp3) is 0.538. The molecule has 1 aliphatic rings. The molecule has 18 heavy (non-hydrogen) atoms. The summed E-state index contributed by atoms with van der Waals surface area (Å²) in [5.74, 6) is 0.915. The minimum absolute atomic E-state index is 0.320. The fourth-order valence-electron chi connectivity index (χ4n) is 2.16. The lowest BCUT2D eigenvalue weighted by Crippen LogP contribution is -2.32. The minimum atomic E-state index is 0.320. The molecule has 1 aromatic rings. The molecule has 98 valence electrons. The molecule has 2 heterocycles. The number of rotatable bonds is 5. The molecule has 1 aromatic heterocycles. The van der Waals surface area contributed by atoms with Crippen LogP contribution in [0.1, 0.15) is 25.3 Å². The summed E-state index contributed by atoms with van der Waals surface area (Å²) in [6, 6.07) is 3.78. The largest absolute Gasteiger partial charge is 0.389 e. The van der Waals surface area contributed by atoms with E-state index in [0.717, 1.165) is 43.9 Å². The second-order valence-electron chi connectivity index (χ2n) is 4.44. The van der Waals surface area contributed by atoms with Crippen LogP contribution in [0.25, 0.3) is 0 Å². The van der Waals surface area contributed by atoms with Crippen LogP contribution in [0.3, 0.4) is 0 Å². The summed E-state index contributed by atoms with van der Waals surface area (Å²) < 4.78 is 5.66. The number of hydrogen-bond donors (Lipinski definition) is 1. The Balaban J connectivity index is 2.10. The Labute approximate surface area is 113 Å². The predicted molar refractivity (Wildman–Crippen MR) is 77.0 cm³/mol. The molecular formula is C13H19N3OS. The number of thiocarbonyl (C=S) groups is 1. The molecule has 1 atom stereocenters. The van der Waals surface area contributed by atoms with E-state index in [1.807, 2.05) is 12.1 Å². The molecule has 1 fully saturated rings. The molecule has 0 spiro atoms. The third-order valence-electron chi connectivity index (χ3n) is 3.18. The predicted octanol–water partition coefficient (Wildman–Crippen LogP) is 1.72. The van der Waals surface area contributed by atoms with Gasteiger partial charge in [0.2, 0.25) is 0 Å². The number of nitrogens with two attached hydrogens (primary N) is 1. The summed E-state index contributed by atoms with van der Waals surface area (Å²) in [5.41, 5.74) is 6.51. The molecule has 0 radical (unpaired) electrons. The molecule has 0 saturated carbocycles. The smallest absolute Gasteiger partial charge is 0.129 e. The maximum atomic E-state index is 5.66. The van der Waals surface area contributed by atoms with E-state index in [0.29, 0.717) is 11.1 Å². The van der Waals surface area contributed by atoms with E-state index >= 15 is 0 Å². The van der Waals surface area contributed by atoms with Crippen molar-refractivity contribution in [1.29, 1.82) is 0 Å². The van der Waals surface area contributed by atoms with Crippen LogP contribution in [0.4, 0.5) is 5.82 Å². The highest BCUT2D eigenvalue weighted by molar-refractivity contribution is 7.80. The van der Waals surface area contributed by atoms with E-state index in [1.54, 1.807) is 6.20 Å². The van der Waals surface area contributed by atoms with Crippen molar-refractivity contribution in [1.82, 2.24) is 4.98 Å². The lowest BCUT2D eigenvalue weighted by molar-refractivity contribution is 0.115. The number of hydrogen-bond acceptors (Lipinski definition) is 4. The van der Waals surface area contributed by atoms with E-state index in [9.17, 15) is 0 Å². The zero-order chi connectivity index (χ0) is 13.0. The van der Waals surface area contributed by atoms with Gasteiger partial charge in [-0.2, -0.15) is 0 Å². The van der Waals surface area contributed by atoms with E-state index < -0.39 is 0 Å². The first-order valence-corrected chi connectivity index (χ1v) is 6.74. The molecular weight excluding hydrogens is 246 g/mol. The molecule has 1 unspecified atom stereocenters. The summed E-state index contributed by atoms with van der Waals surface area (Å²) >= 11 is 4.99. The molecule has 1 aliphatic heterocycles. The van der Waals surface area contributed by atoms with Gasteiger partial charge in [0.05, 0.1) is 6.10 Å². The molecule has 5 heteroatoms. The Bertz CT molecular complexity index is 418. The number of likely N-dealkylation sites (N-methyl/N-ethyl adjacent to an activating group) is 1. The Morgan fingerprint density at radius 3 is 3.11 bits per heavy atom. The summed E-state index contributed by atoms with van der Waals surface area (Å²) in [4.78, 5) is 7.01. The van der Waals surface area contributed by atoms with Gasteiger partial charge in [0.1, 0.15) is 10.8 Å². The second-order valence-corrected chi connectivity index (χ2v) is 4.88. The minimum Gasteiger partial charge on any atom is -0.389 e. The van der Waals surface area contributed by atoms with Crippen LogP contribution in [0, 0.1) is 0 Å². The maximum absolute atomic E-state index is 5.66. The Morgan fingerprint density at radius 1 is 1.67 bits per heavy atom. The first-order chi connectivity index (χ1) is 8.70. The van der Waals surface area contributed by atoms with Gasteiger partial charge in [-0.15, -0.1) is 0 Å². The highest BCUT2D eigenvalue weighted by Crippen LogP contribution is 2.18. The fourth-order valence-corrected chi connectivity index (χ4v) is 2.29. The number of pyridine rings is 1. The standard InChI is InChI=1S/C13H19N3OS/c1-2-16(9-11-4-3-7-17-11)12-8-10(13(14)18)5-6-15-12/h5-6,8,11H,2-4,7,9H2,1H3,(H2,14,18). The SMILES string of the molecule is CCN(CC1CCCO1)c1cc(C(N)=S)ccn1. The third kappa shape index (κ3) is 3.17. The van der Waals surface area contributed by atoms with Gasteiger partial charge in [0.15, 0.2) is 0 Å². The summed E-state index contributed by atoms with van der Waals surface area (Å²) in [7, 11) is 0. The van der Waals surface area contributed by atoms with Crippen molar-refractivity contribution in [2.45, 2.75) is 25.9 Å². The van der Waals surface area contributed by atoms with Gasteiger partial charge in [0, 0.05) is 31.5 Å². The van der Waals surface area contributed by atoms with Crippen LogP contribution < -0.4 is 10.6 Å². The monoisotopic (exact) mass is 265 g/mol. The van der Waals surface area contributed by atoms with Gasteiger partial charge < -0.3 is 15.4 Å². The molecule has 0 amide bonds. The lowest BCUT2D eigenvalue weighted by Gasteiger charge is -2.25. The molecule has 0 aliphatic carbocycles. The molecule has 0 bridgehead atoms. The number of anilines is 1. The first kappa shape index (κ1) is 13.2. The second kappa shape index (κ2) is 6.11. The average Bonchev–Trinajstić information content (AvgIpc) is 2.89. The van der Waals surface area contributed by atoms with E-state index in [2.05, 4.69) is 16.8 Å². The van der Waals surface area contributed by atoms with Crippen LogP contribution in [0.15, 0.2) is 18.3 Å². The zero-order valence-electron chi connectivity index (χ0n) is 10.6. The van der Waals surface area contributed by atoms with Crippen molar-refractivity contribution in [2.24, 2.45) is 5.73 Å². The molecule has 1 saturated heterocycles. The van der Waals surface area contributed by atoms with Gasteiger partial charge in [-0.1, -0.05) is 12.2 Å². The quantitative estimate of drug-likeness (QED) is 0.822. The van der Waals surface area contributed by atoms with E-state index in [1.165, 1.54) is 0 Å². The van der Waals surface area contributed by atoms with Gasteiger partial charge >= 0.3 is 0 Å². The Kier molecular flexibility index (Phi) is 4.49. The van der Waals surface area contributed by atoms with Crippen molar-refractivity contribution in [3.8, 4) is 0 Å². The van der Waals surface area contributed by atoms with Crippen molar-refractivity contribution in [2.75, 3.05) is 24.6 Å². The van der Waals surface area contributed by atoms with E-state index in [4.69, 9.17) is 22.7 Å². The molecule has 0 aromatic carbocycles. The first-order valence-electron chi connectivity index (χ1n) is 6.33. The van der Waals surface area contributed by atoms with Crippen molar-refractivity contribution in [3.63, 3.8) is 0 Å². The van der Waals surface area contributed by atoms with E-state index in [-0.39, 0.29) is 0 Å². The van der Waals surface area contributed by atoms with Crippen molar-refractivity contribution >= 4 is 23.0 Å². The maximum Gasteiger partial charge on any atom is 0.129 e. The van der Waals surface area contributed by atoms with Crippen LogP contribution in [0.2, 0.25) is 0 Å². The highest BCUT2D eigenvalue weighted by Gasteiger charge is 2.19. The van der Waals surface area contributed by atoms with Gasteiger partial charge in [-0.3, -0.25) is 0 Å². The van der Waals surface area contributed by atoms with Crippen LogP contribution in [-0.2, 0) is 4.74 Å². The number of ether oxygens (including phenoxy) is 1. The Morgan fingerprint density at radius 2 is 2.50 bits per heavy atom. The van der Waals surface area contributed by atoms with Crippen molar-refractivity contribution in [3.05, 3.63) is 23.9 Å². The van der Waals surface area contributed by atoms with Crippen LogP contribution in [-0.4, -0.2) is 35.8 Å². The van der Waals surface area contributed by atoms with Crippen LogP contribution in [0.5, 0.6) is 0 Å². The average molecular weight is 265 g/mol. The normalized spacial score (nSPS) is 18.8. The van der Waals surface area contributed by atoms with Gasteiger partial charge in [0.25, 0.3) is 0 Å². The number of aromatic nitrogens is 1. The number of nitrogens with zero attached hydrogens (tertiary/aromatic N) is 2. The third-order valence-corrected chi connectivity index (χ3v) is 3.42.